The van der Waals surface area contributed by atoms with Crippen LogP contribution in [0.15, 0.2) is 29.2 Å². The average Bonchev–Trinajstić information content (AvgIpc) is 2.53. The van der Waals surface area contributed by atoms with Gasteiger partial charge in [-0.1, -0.05) is 13.0 Å². The monoisotopic (exact) mass is 326 g/mol. The van der Waals surface area contributed by atoms with Gasteiger partial charge >= 0.3 is 5.97 Å². The number of carbonyl (C=O) groups is 1. The van der Waals surface area contributed by atoms with E-state index in [0.717, 1.165) is 25.9 Å². The van der Waals surface area contributed by atoms with Crippen LogP contribution in [-0.2, 0) is 14.8 Å². The number of benzene rings is 1. The summed E-state index contributed by atoms with van der Waals surface area (Å²) in [4.78, 5) is 11.6. The van der Waals surface area contributed by atoms with Crippen LogP contribution in [0.4, 0.5) is 0 Å². The maximum absolute atomic E-state index is 12.4. The smallest absolute Gasteiger partial charge is 0.337 e. The lowest BCUT2D eigenvalue weighted by Crippen LogP contribution is -2.42. The molecule has 1 saturated heterocycles. The minimum atomic E-state index is -3.64. The molecule has 0 atom stereocenters. The number of piperidine rings is 1. The molecule has 0 unspecified atom stereocenters. The van der Waals surface area contributed by atoms with E-state index in [-0.39, 0.29) is 15.9 Å². The first-order chi connectivity index (χ1) is 10.4. The molecule has 2 rings (SSSR count). The van der Waals surface area contributed by atoms with E-state index in [9.17, 15) is 13.2 Å². The molecule has 0 aromatic heterocycles. The van der Waals surface area contributed by atoms with Gasteiger partial charge in [0.15, 0.2) is 0 Å². The van der Waals surface area contributed by atoms with Crippen LogP contribution in [0.1, 0.15) is 30.1 Å². The lowest BCUT2D eigenvalue weighted by atomic mass is 9.81. The highest BCUT2D eigenvalue weighted by molar-refractivity contribution is 7.89. The molecule has 7 heteroatoms. The van der Waals surface area contributed by atoms with Gasteiger partial charge in [-0.2, -0.15) is 0 Å². The molecule has 1 aliphatic rings. The van der Waals surface area contributed by atoms with Gasteiger partial charge < -0.3 is 10.1 Å². The Morgan fingerprint density at radius 3 is 2.68 bits per heavy atom. The Morgan fingerprint density at radius 2 is 2.05 bits per heavy atom. The van der Waals surface area contributed by atoms with E-state index in [0.29, 0.717) is 6.54 Å². The fraction of sp³-hybridized carbons (Fsp3) is 0.533. The predicted molar refractivity (Wildman–Crippen MR) is 83.2 cm³/mol. The van der Waals surface area contributed by atoms with Gasteiger partial charge in [0.1, 0.15) is 0 Å². The molecule has 122 valence electrons. The SMILES string of the molecule is COC(=O)c1cccc(S(=O)(=O)NCC2(C)CCNCC2)c1. The van der Waals surface area contributed by atoms with Gasteiger partial charge in [-0.25, -0.2) is 17.9 Å². The van der Waals surface area contributed by atoms with E-state index in [4.69, 9.17) is 0 Å². The lowest BCUT2D eigenvalue weighted by molar-refractivity contribution is 0.0600. The molecule has 0 spiro atoms. The standard InChI is InChI=1S/C15H22N2O4S/c1-15(6-8-16-9-7-15)11-17-22(19,20)13-5-3-4-12(10-13)14(18)21-2/h3-5,10,16-17H,6-9,11H2,1-2H3. The summed E-state index contributed by atoms with van der Waals surface area (Å²) in [6.45, 7) is 4.27. The third-order valence-electron chi connectivity index (χ3n) is 4.07. The lowest BCUT2D eigenvalue weighted by Gasteiger charge is -2.34. The molecule has 22 heavy (non-hydrogen) atoms. The summed E-state index contributed by atoms with van der Waals surface area (Å²) in [7, 11) is -2.38. The molecular formula is C15H22N2O4S. The Labute approximate surface area is 131 Å². The number of nitrogens with one attached hydrogen (secondary N) is 2. The van der Waals surface area contributed by atoms with Crippen LogP contribution in [0.2, 0.25) is 0 Å². The molecule has 1 heterocycles. The number of ether oxygens (including phenoxy) is 1. The Hall–Kier alpha value is -1.44. The number of methoxy groups -OCH3 is 1. The summed E-state index contributed by atoms with van der Waals surface area (Å²) in [5, 5.41) is 3.27. The van der Waals surface area contributed by atoms with Crippen LogP contribution >= 0.6 is 0 Å². The number of carbonyl (C=O) groups excluding carboxylic acids is 1. The zero-order valence-corrected chi connectivity index (χ0v) is 13.7. The third kappa shape index (κ3) is 4.06. The number of esters is 1. The second kappa shape index (κ2) is 6.76. The largest absolute Gasteiger partial charge is 0.465 e. The van der Waals surface area contributed by atoms with Gasteiger partial charge in [0.05, 0.1) is 17.6 Å². The van der Waals surface area contributed by atoms with Crippen molar-refractivity contribution < 1.29 is 17.9 Å². The van der Waals surface area contributed by atoms with Crippen molar-refractivity contribution in [2.45, 2.75) is 24.7 Å². The highest BCUT2D eigenvalue weighted by atomic mass is 32.2. The number of sulfonamides is 1. The molecule has 1 fully saturated rings. The molecule has 0 saturated carbocycles. The second-order valence-electron chi connectivity index (χ2n) is 5.90. The molecule has 0 radical (unpaired) electrons. The van der Waals surface area contributed by atoms with Crippen LogP contribution in [0.25, 0.3) is 0 Å². The van der Waals surface area contributed by atoms with E-state index in [2.05, 4.69) is 21.7 Å². The quantitative estimate of drug-likeness (QED) is 0.793. The van der Waals surface area contributed by atoms with Crippen LogP contribution in [0.5, 0.6) is 0 Å². The van der Waals surface area contributed by atoms with Gasteiger partial charge in [-0.15, -0.1) is 0 Å². The maximum Gasteiger partial charge on any atom is 0.337 e. The molecule has 1 aromatic carbocycles. The first-order valence-corrected chi connectivity index (χ1v) is 8.73. The van der Waals surface area contributed by atoms with E-state index in [1.54, 1.807) is 0 Å². The van der Waals surface area contributed by atoms with E-state index < -0.39 is 16.0 Å². The Bertz CT molecular complexity index is 637. The third-order valence-corrected chi connectivity index (χ3v) is 5.46. The van der Waals surface area contributed by atoms with Gasteiger partial charge in [-0.05, 0) is 49.5 Å². The minimum Gasteiger partial charge on any atom is -0.465 e. The highest BCUT2D eigenvalue weighted by Gasteiger charge is 2.28. The Morgan fingerprint density at radius 1 is 1.36 bits per heavy atom. The van der Waals surface area contributed by atoms with Crippen molar-refractivity contribution in [3.63, 3.8) is 0 Å². The average molecular weight is 326 g/mol. The number of hydrogen-bond donors (Lipinski definition) is 2. The number of rotatable bonds is 5. The van der Waals surface area contributed by atoms with Crippen LogP contribution in [0, 0.1) is 5.41 Å². The van der Waals surface area contributed by atoms with E-state index in [1.165, 1.54) is 31.4 Å². The van der Waals surface area contributed by atoms with Crippen molar-refractivity contribution in [2.75, 3.05) is 26.7 Å². The van der Waals surface area contributed by atoms with Crippen molar-refractivity contribution in [3.05, 3.63) is 29.8 Å². The summed E-state index contributed by atoms with van der Waals surface area (Å²) < 4.78 is 32.1. The van der Waals surface area contributed by atoms with E-state index in [1.807, 2.05) is 0 Å². The molecule has 2 N–H and O–H groups in total. The van der Waals surface area contributed by atoms with Crippen LogP contribution in [0.3, 0.4) is 0 Å². The maximum atomic E-state index is 12.4. The predicted octanol–water partition coefficient (Wildman–Crippen LogP) is 1.14. The molecule has 1 aromatic rings. The minimum absolute atomic E-state index is 0.0434. The van der Waals surface area contributed by atoms with Crippen molar-refractivity contribution in [3.8, 4) is 0 Å². The second-order valence-corrected chi connectivity index (χ2v) is 7.67. The first kappa shape index (κ1) is 16.9. The Kier molecular flexibility index (Phi) is 5.20. The fourth-order valence-electron chi connectivity index (χ4n) is 2.47. The summed E-state index contributed by atoms with van der Waals surface area (Å²) in [6, 6.07) is 5.87. The van der Waals surface area contributed by atoms with Crippen molar-refractivity contribution in [1.29, 1.82) is 0 Å². The van der Waals surface area contributed by atoms with Crippen molar-refractivity contribution in [1.82, 2.24) is 10.0 Å². The van der Waals surface area contributed by atoms with Crippen LogP contribution in [-0.4, -0.2) is 41.1 Å². The molecule has 0 aliphatic carbocycles. The molecule has 6 nitrogen and oxygen atoms in total. The normalized spacial score (nSPS) is 17.9. The Balaban J connectivity index is 2.11. The summed E-state index contributed by atoms with van der Waals surface area (Å²) in [6.07, 6.45) is 1.86. The van der Waals surface area contributed by atoms with Gasteiger partial charge in [0.2, 0.25) is 10.0 Å². The number of hydrogen-bond acceptors (Lipinski definition) is 5. The summed E-state index contributed by atoms with van der Waals surface area (Å²) >= 11 is 0. The zero-order chi connectivity index (χ0) is 16.2. The molecule has 1 aliphatic heterocycles. The van der Waals surface area contributed by atoms with Crippen LogP contribution < -0.4 is 10.0 Å². The van der Waals surface area contributed by atoms with Gasteiger partial charge in [0.25, 0.3) is 0 Å². The topological polar surface area (TPSA) is 84.5 Å². The zero-order valence-electron chi connectivity index (χ0n) is 12.9. The molecule has 0 amide bonds. The summed E-state index contributed by atoms with van der Waals surface area (Å²) in [5.41, 5.74) is 0.177. The van der Waals surface area contributed by atoms with Crippen molar-refractivity contribution in [2.24, 2.45) is 5.41 Å². The van der Waals surface area contributed by atoms with Gasteiger partial charge in [0, 0.05) is 6.54 Å². The summed E-state index contributed by atoms with van der Waals surface area (Å²) in [5.74, 6) is -0.553. The first-order valence-electron chi connectivity index (χ1n) is 7.25. The van der Waals surface area contributed by atoms with Gasteiger partial charge in [-0.3, -0.25) is 0 Å². The molecule has 0 bridgehead atoms. The molecular weight excluding hydrogens is 304 g/mol. The highest BCUT2D eigenvalue weighted by Crippen LogP contribution is 2.27. The van der Waals surface area contributed by atoms with Crippen molar-refractivity contribution >= 4 is 16.0 Å². The fourth-order valence-corrected chi connectivity index (χ4v) is 3.71. The van der Waals surface area contributed by atoms with E-state index >= 15 is 0 Å².